The molecular formula is C19H24Cl2HfNSi-3. The van der Waals surface area contributed by atoms with Crippen molar-refractivity contribution in [3.63, 3.8) is 0 Å². The molecule has 0 unspecified atom stereocenters. The van der Waals surface area contributed by atoms with Crippen molar-refractivity contribution in [1.29, 1.82) is 0 Å². The Balaban J connectivity index is 0. The number of hydrogen-bond donors (Lipinski definition) is 0. The molecule has 1 nitrogen and oxygen atoms in total. The van der Waals surface area contributed by atoms with E-state index in [4.69, 9.17) is 5.32 Å². The van der Waals surface area contributed by atoms with Gasteiger partial charge >= 0.3 is 0 Å². The second-order valence-corrected chi connectivity index (χ2v) is 7.38. The molecule has 0 bridgehead atoms. The summed E-state index contributed by atoms with van der Waals surface area (Å²) in [5, 5.41) is 4.99. The molecule has 0 spiro atoms. The number of rotatable bonds is 1. The van der Waals surface area contributed by atoms with Gasteiger partial charge in [0.2, 0.25) is 0 Å². The van der Waals surface area contributed by atoms with Crippen LogP contribution in [-0.2, 0) is 25.8 Å². The van der Waals surface area contributed by atoms with Crippen LogP contribution in [0, 0.1) is 0 Å². The van der Waals surface area contributed by atoms with E-state index in [0.717, 1.165) is 9.52 Å². The molecule has 0 fully saturated rings. The van der Waals surface area contributed by atoms with Crippen molar-refractivity contribution in [2.75, 3.05) is 0 Å². The molecule has 0 heterocycles. The molecule has 5 heteroatoms. The number of halogens is 2. The van der Waals surface area contributed by atoms with Gasteiger partial charge in [-0.25, -0.2) is 0 Å². The summed E-state index contributed by atoms with van der Waals surface area (Å²) in [6.45, 7) is 10.8. The van der Waals surface area contributed by atoms with Crippen molar-refractivity contribution < 1.29 is 50.7 Å². The van der Waals surface area contributed by atoms with Crippen molar-refractivity contribution in [3.8, 4) is 11.1 Å². The van der Waals surface area contributed by atoms with E-state index >= 15 is 0 Å². The Hall–Kier alpha value is 0.0670. The van der Waals surface area contributed by atoms with Crippen LogP contribution in [0.5, 0.6) is 0 Å². The minimum Gasteiger partial charge on any atom is -1.00 e. The van der Waals surface area contributed by atoms with Crippen LogP contribution in [0.15, 0.2) is 48.5 Å². The molecule has 0 saturated heterocycles. The summed E-state index contributed by atoms with van der Waals surface area (Å²) in [5.74, 6) is 0. The summed E-state index contributed by atoms with van der Waals surface area (Å²) in [5.41, 5.74) is 5.34. The molecule has 3 rings (SSSR count). The van der Waals surface area contributed by atoms with Gasteiger partial charge in [0.25, 0.3) is 0 Å². The Morgan fingerprint density at radius 1 is 0.792 bits per heavy atom. The molecule has 0 saturated carbocycles. The minimum atomic E-state index is -0.0186. The van der Waals surface area contributed by atoms with Crippen LogP contribution in [0.3, 0.4) is 0 Å². The van der Waals surface area contributed by atoms with Crippen LogP contribution in [0.25, 0.3) is 16.4 Å². The summed E-state index contributed by atoms with van der Waals surface area (Å²) in [6, 6.07) is 17.4. The summed E-state index contributed by atoms with van der Waals surface area (Å²) in [7, 11) is 1.08. The van der Waals surface area contributed by atoms with E-state index < -0.39 is 0 Å². The SMILES string of the molecule is CC(C)(C)[N-]C1c2ccccc2-c2ccccc21.C[Si]C.[Cl-].[Cl-].[Hf]. The third-order valence-electron chi connectivity index (χ3n) is 3.32. The van der Waals surface area contributed by atoms with Crippen LogP contribution in [-0.4, -0.2) is 15.1 Å². The van der Waals surface area contributed by atoms with Crippen molar-refractivity contribution in [2.24, 2.45) is 0 Å². The van der Waals surface area contributed by atoms with Crippen LogP contribution in [0.4, 0.5) is 0 Å². The molecule has 1 aliphatic carbocycles. The van der Waals surface area contributed by atoms with Crippen molar-refractivity contribution >= 4 is 9.52 Å². The number of fused-ring (bicyclic) bond motifs is 3. The topological polar surface area (TPSA) is 14.1 Å². The van der Waals surface area contributed by atoms with E-state index in [-0.39, 0.29) is 62.2 Å². The predicted octanol–water partition coefficient (Wildman–Crippen LogP) is -0.279. The van der Waals surface area contributed by atoms with Gasteiger partial charge in [0.15, 0.2) is 0 Å². The van der Waals surface area contributed by atoms with E-state index in [1.165, 1.54) is 22.3 Å². The zero-order valence-electron chi connectivity index (χ0n) is 14.9. The van der Waals surface area contributed by atoms with Gasteiger partial charge in [0.05, 0.1) is 0 Å². The van der Waals surface area contributed by atoms with Gasteiger partial charge in [0, 0.05) is 35.4 Å². The van der Waals surface area contributed by atoms with Crippen LogP contribution < -0.4 is 24.8 Å². The van der Waals surface area contributed by atoms with Crippen molar-refractivity contribution in [2.45, 2.75) is 45.4 Å². The second-order valence-electron chi connectivity index (χ2n) is 6.38. The molecule has 2 aromatic rings. The van der Waals surface area contributed by atoms with Crippen LogP contribution in [0.2, 0.25) is 13.1 Å². The molecule has 2 radical (unpaired) electrons. The Bertz CT molecular complexity index is 569. The Kier molecular flexibility index (Phi) is 12.8. The Morgan fingerprint density at radius 3 is 1.46 bits per heavy atom. The zero-order chi connectivity index (χ0) is 15.5. The fourth-order valence-corrected chi connectivity index (χ4v) is 2.66. The molecular weight excluding hydrogens is 520 g/mol. The molecule has 0 atom stereocenters. The van der Waals surface area contributed by atoms with E-state index in [2.05, 4.69) is 82.4 Å². The first-order chi connectivity index (χ1) is 9.98. The van der Waals surface area contributed by atoms with E-state index in [9.17, 15) is 0 Å². The number of nitrogens with zero attached hydrogens (tertiary/aromatic N) is 1. The van der Waals surface area contributed by atoms with Crippen LogP contribution in [0.1, 0.15) is 37.9 Å². The standard InChI is InChI=1S/C17H18N.C2H6Si.2ClH.Hf/c1-17(2,3)18-16-14-10-6-4-8-12(14)13-9-5-7-11-15(13)16;1-3-2;;;/h4-11,16H,1-3H3;1-2H3;2*1H;/q-1;;;;/p-2. The number of hydrogen-bond acceptors (Lipinski definition) is 0. The maximum atomic E-state index is 4.99. The fraction of sp³-hybridized carbons (Fsp3) is 0.368. The zero-order valence-corrected chi connectivity index (χ0v) is 21.0. The third kappa shape index (κ3) is 6.42. The largest absolute Gasteiger partial charge is 1.00 e. The van der Waals surface area contributed by atoms with E-state index in [1.54, 1.807) is 0 Å². The molecule has 0 amide bonds. The van der Waals surface area contributed by atoms with Gasteiger partial charge in [-0.15, -0.1) is 5.54 Å². The monoisotopic (exact) mass is 544 g/mol. The van der Waals surface area contributed by atoms with Crippen molar-refractivity contribution in [3.05, 3.63) is 65.0 Å². The molecule has 0 N–H and O–H groups in total. The van der Waals surface area contributed by atoms with Gasteiger partial charge in [-0.2, -0.15) is 0 Å². The summed E-state index contributed by atoms with van der Waals surface area (Å²) < 4.78 is 0. The molecule has 24 heavy (non-hydrogen) atoms. The first-order valence-electron chi connectivity index (χ1n) is 7.46. The fourth-order valence-electron chi connectivity index (χ4n) is 2.66. The molecule has 130 valence electrons. The van der Waals surface area contributed by atoms with Gasteiger partial charge < -0.3 is 30.1 Å². The van der Waals surface area contributed by atoms with E-state index in [0.29, 0.717) is 0 Å². The van der Waals surface area contributed by atoms with Crippen LogP contribution >= 0.6 is 0 Å². The molecule has 0 aromatic heterocycles. The average Bonchev–Trinajstić information content (AvgIpc) is 2.74. The first-order valence-corrected chi connectivity index (χ1v) is 9.46. The quantitative estimate of drug-likeness (QED) is 0.440. The van der Waals surface area contributed by atoms with Gasteiger partial charge in [0.1, 0.15) is 0 Å². The summed E-state index contributed by atoms with van der Waals surface area (Å²) in [6.07, 6.45) is 0. The molecule has 0 aliphatic heterocycles. The Morgan fingerprint density at radius 2 is 1.12 bits per heavy atom. The van der Waals surface area contributed by atoms with Crippen molar-refractivity contribution in [1.82, 2.24) is 0 Å². The normalized spacial score (nSPS) is 11.5. The predicted molar refractivity (Wildman–Crippen MR) is 94.3 cm³/mol. The second kappa shape index (κ2) is 11.6. The molecule has 2 aromatic carbocycles. The van der Waals surface area contributed by atoms with Gasteiger partial charge in [-0.3, -0.25) is 0 Å². The minimum absolute atomic E-state index is 0. The van der Waals surface area contributed by atoms with Gasteiger partial charge in [-0.05, 0) is 11.1 Å². The van der Waals surface area contributed by atoms with E-state index in [1.807, 2.05) is 0 Å². The Labute approximate surface area is 180 Å². The first kappa shape index (κ1) is 26.3. The average molecular weight is 544 g/mol. The molecule has 1 aliphatic rings. The smallest absolute Gasteiger partial charge is 0.0307 e. The summed E-state index contributed by atoms with van der Waals surface area (Å²) >= 11 is 0. The van der Waals surface area contributed by atoms with Gasteiger partial charge in [-0.1, -0.05) is 99.6 Å². The third-order valence-corrected chi connectivity index (χ3v) is 3.32. The maximum absolute atomic E-state index is 4.99. The summed E-state index contributed by atoms with van der Waals surface area (Å²) in [4.78, 5) is 0. The number of benzene rings is 2. The maximum Gasteiger partial charge on any atom is 0.0307 e.